The van der Waals surface area contributed by atoms with Gasteiger partial charge in [0.15, 0.2) is 0 Å². The number of ether oxygens (including phenoxy) is 2. The number of anilines is 2. The normalized spacial score (nSPS) is 12.3. The molecule has 1 heterocycles. The first-order chi connectivity index (χ1) is 11.5. The summed E-state index contributed by atoms with van der Waals surface area (Å²) in [7, 11) is 5.04. The predicted molar refractivity (Wildman–Crippen MR) is 96.9 cm³/mol. The number of para-hydroxylation sites is 1. The lowest BCUT2D eigenvalue weighted by Gasteiger charge is -2.10. The number of fused-ring (bicyclic) bond motifs is 1. The highest BCUT2D eigenvalue weighted by Gasteiger charge is 2.26. The van der Waals surface area contributed by atoms with Crippen molar-refractivity contribution < 1.29 is 14.3 Å². The second-order valence-corrected chi connectivity index (χ2v) is 5.47. The van der Waals surface area contributed by atoms with Gasteiger partial charge < -0.3 is 20.1 Å². The molecule has 1 amide bonds. The van der Waals surface area contributed by atoms with Gasteiger partial charge in [-0.25, -0.2) is 0 Å². The number of benzene rings is 2. The molecule has 3 rings (SSSR count). The Balaban J connectivity index is 0.000000177. The van der Waals surface area contributed by atoms with Crippen LogP contribution in [-0.2, 0) is 17.6 Å². The molecule has 0 aliphatic carbocycles. The fourth-order valence-electron chi connectivity index (χ4n) is 2.72. The number of methoxy groups -OCH3 is 2. The Hall–Kier alpha value is -2.69. The molecule has 0 atom stereocenters. The van der Waals surface area contributed by atoms with E-state index in [1.807, 2.05) is 36.4 Å². The number of nitrogens with zero attached hydrogens (tertiary/aromatic N) is 1. The van der Waals surface area contributed by atoms with Crippen LogP contribution in [0.3, 0.4) is 0 Å². The molecule has 0 unspecified atom stereocenters. The van der Waals surface area contributed by atoms with Crippen LogP contribution in [0, 0.1) is 0 Å². The fourth-order valence-corrected chi connectivity index (χ4v) is 2.72. The van der Waals surface area contributed by atoms with Gasteiger partial charge in [-0.3, -0.25) is 4.79 Å². The molecule has 0 aromatic heterocycles. The van der Waals surface area contributed by atoms with Gasteiger partial charge in [-0.2, -0.15) is 0 Å². The standard InChI is InChI=1S/C10H11NO2.C9H13NO/c1-11-8-4-3-5-9(13-2)7(8)6-10(11)12;1-3-7-5-4-6-8(11-2)9(7)10/h3-5H,6H2,1-2H3;4-6H,3,10H2,1-2H3. The number of carbonyl (C=O) groups is 1. The largest absolute Gasteiger partial charge is 0.496 e. The van der Waals surface area contributed by atoms with Crippen molar-refractivity contribution in [2.24, 2.45) is 0 Å². The van der Waals surface area contributed by atoms with Crippen LogP contribution < -0.4 is 20.1 Å². The lowest BCUT2D eigenvalue weighted by Crippen LogP contribution is -2.20. The molecule has 0 spiro atoms. The van der Waals surface area contributed by atoms with Crippen LogP contribution in [0.25, 0.3) is 0 Å². The van der Waals surface area contributed by atoms with E-state index in [-0.39, 0.29) is 5.91 Å². The summed E-state index contributed by atoms with van der Waals surface area (Å²) in [4.78, 5) is 13.0. The second-order valence-electron chi connectivity index (χ2n) is 5.47. The number of carbonyl (C=O) groups excluding carboxylic acids is 1. The summed E-state index contributed by atoms with van der Waals surface area (Å²) in [5.41, 5.74) is 9.64. The zero-order valence-electron chi connectivity index (χ0n) is 14.6. The van der Waals surface area contributed by atoms with Crippen molar-refractivity contribution in [3.63, 3.8) is 0 Å². The molecule has 0 radical (unpaired) electrons. The highest BCUT2D eigenvalue weighted by atomic mass is 16.5. The van der Waals surface area contributed by atoms with E-state index in [9.17, 15) is 4.79 Å². The van der Waals surface area contributed by atoms with Crippen LogP contribution in [-0.4, -0.2) is 27.2 Å². The molecule has 2 N–H and O–H groups in total. The lowest BCUT2D eigenvalue weighted by molar-refractivity contribution is -0.117. The topological polar surface area (TPSA) is 64.8 Å². The number of rotatable bonds is 3. The maximum Gasteiger partial charge on any atom is 0.231 e. The zero-order valence-corrected chi connectivity index (χ0v) is 14.6. The SMILES string of the molecule is CCc1cccc(OC)c1N.COc1cccc2c1CC(=O)N2C. The van der Waals surface area contributed by atoms with Crippen LogP contribution in [0.15, 0.2) is 36.4 Å². The summed E-state index contributed by atoms with van der Waals surface area (Å²) in [6.07, 6.45) is 1.40. The van der Waals surface area contributed by atoms with Gasteiger partial charge in [0.25, 0.3) is 0 Å². The van der Waals surface area contributed by atoms with E-state index in [0.717, 1.165) is 40.4 Å². The molecule has 24 heavy (non-hydrogen) atoms. The minimum Gasteiger partial charge on any atom is -0.496 e. The first kappa shape index (κ1) is 17.7. The van der Waals surface area contributed by atoms with Crippen LogP contribution >= 0.6 is 0 Å². The van der Waals surface area contributed by atoms with E-state index in [4.69, 9.17) is 15.2 Å². The van der Waals surface area contributed by atoms with Gasteiger partial charge in [0.1, 0.15) is 11.5 Å². The minimum absolute atomic E-state index is 0.125. The highest BCUT2D eigenvalue weighted by molar-refractivity contribution is 6.01. The van der Waals surface area contributed by atoms with Gasteiger partial charge in [-0.1, -0.05) is 25.1 Å². The Labute approximate surface area is 143 Å². The molecule has 5 nitrogen and oxygen atoms in total. The van der Waals surface area contributed by atoms with Crippen molar-refractivity contribution in [3.05, 3.63) is 47.5 Å². The van der Waals surface area contributed by atoms with Crippen LogP contribution in [0.5, 0.6) is 11.5 Å². The van der Waals surface area contributed by atoms with Crippen molar-refractivity contribution in [2.45, 2.75) is 19.8 Å². The molecule has 0 fully saturated rings. The van der Waals surface area contributed by atoms with Crippen LogP contribution in [0.2, 0.25) is 0 Å². The van der Waals surface area contributed by atoms with E-state index in [2.05, 4.69) is 6.92 Å². The number of hydrogen-bond donors (Lipinski definition) is 1. The van der Waals surface area contributed by atoms with E-state index in [0.29, 0.717) is 6.42 Å². The molecule has 0 bridgehead atoms. The first-order valence-corrected chi connectivity index (χ1v) is 7.87. The maximum absolute atomic E-state index is 11.4. The zero-order chi connectivity index (χ0) is 17.7. The smallest absolute Gasteiger partial charge is 0.231 e. The summed E-state index contributed by atoms with van der Waals surface area (Å²) >= 11 is 0. The first-order valence-electron chi connectivity index (χ1n) is 7.87. The van der Waals surface area contributed by atoms with E-state index in [1.165, 1.54) is 0 Å². The van der Waals surface area contributed by atoms with Crippen LogP contribution in [0.1, 0.15) is 18.1 Å². The van der Waals surface area contributed by atoms with Crippen molar-refractivity contribution >= 4 is 17.3 Å². The van der Waals surface area contributed by atoms with Crippen molar-refractivity contribution in [2.75, 3.05) is 31.9 Å². The Morgan fingerprint density at radius 2 is 1.71 bits per heavy atom. The minimum atomic E-state index is 0.125. The van der Waals surface area contributed by atoms with Gasteiger partial charge in [0.05, 0.1) is 32.0 Å². The predicted octanol–water partition coefficient (Wildman–Crippen LogP) is 3.05. The number of hydrogen-bond acceptors (Lipinski definition) is 4. The Morgan fingerprint density at radius 1 is 1.08 bits per heavy atom. The number of likely N-dealkylation sites (N-methyl/N-ethyl adjacent to an activating group) is 1. The third-order valence-corrected chi connectivity index (χ3v) is 4.15. The summed E-state index contributed by atoms with van der Waals surface area (Å²) in [5, 5.41) is 0. The molecule has 2 aromatic rings. The molecule has 1 aliphatic rings. The molecule has 0 saturated carbocycles. The third kappa shape index (κ3) is 3.45. The third-order valence-electron chi connectivity index (χ3n) is 4.15. The number of aryl methyl sites for hydroxylation is 1. The van der Waals surface area contributed by atoms with Gasteiger partial charge in [-0.05, 0) is 30.2 Å². The maximum atomic E-state index is 11.4. The van der Waals surface area contributed by atoms with Gasteiger partial charge in [0, 0.05) is 12.6 Å². The summed E-state index contributed by atoms with van der Waals surface area (Å²) in [6, 6.07) is 11.5. The fraction of sp³-hybridized carbons (Fsp3) is 0.316. The van der Waals surface area contributed by atoms with Crippen molar-refractivity contribution in [3.8, 4) is 11.5 Å². The molecule has 1 aliphatic heterocycles. The number of nitrogens with two attached hydrogens (primary N) is 1. The quantitative estimate of drug-likeness (QED) is 0.880. The summed E-state index contributed by atoms with van der Waals surface area (Å²) in [5.74, 6) is 1.69. The van der Waals surface area contributed by atoms with Gasteiger partial charge >= 0.3 is 0 Å². The molecular weight excluding hydrogens is 304 g/mol. The van der Waals surface area contributed by atoms with E-state index in [1.54, 1.807) is 26.2 Å². The Kier molecular flexibility index (Phi) is 5.68. The molecule has 0 saturated heterocycles. The summed E-state index contributed by atoms with van der Waals surface area (Å²) in [6.45, 7) is 2.07. The average Bonchev–Trinajstić information content (AvgIpc) is 2.90. The lowest BCUT2D eigenvalue weighted by atomic mass is 10.1. The molecule has 5 heteroatoms. The Bertz CT molecular complexity index is 706. The van der Waals surface area contributed by atoms with Crippen molar-refractivity contribution in [1.29, 1.82) is 0 Å². The van der Waals surface area contributed by atoms with Crippen LogP contribution in [0.4, 0.5) is 11.4 Å². The number of amides is 1. The van der Waals surface area contributed by atoms with E-state index >= 15 is 0 Å². The number of nitrogen functional groups attached to an aromatic ring is 1. The summed E-state index contributed by atoms with van der Waals surface area (Å²) < 4.78 is 10.2. The monoisotopic (exact) mass is 328 g/mol. The van der Waals surface area contributed by atoms with Gasteiger partial charge in [-0.15, -0.1) is 0 Å². The molecular formula is C19H24N2O3. The molecule has 2 aromatic carbocycles. The van der Waals surface area contributed by atoms with Gasteiger partial charge in [0.2, 0.25) is 5.91 Å². The second kappa shape index (κ2) is 7.73. The Morgan fingerprint density at radius 3 is 2.33 bits per heavy atom. The molecule has 128 valence electrons. The van der Waals surface area contributed by atoms with E-state index < -0.39 is 0 Å². The highest BCUT2D eigenvalue weighted by Crippen LogP contribution is 2.34. The van der Waals surface area contributed by atoms with Crippen molar-refractivity contribution in [1.82, 2.24) is 0 Å². The average molecular weight is 328 g/mol.